The average Bonchev–Trinajstić information content (AvgIpc) is 3.34. The van der Waals surface area contributed by atoms with Gasteiger partial charge in [-0.3, -0.25) is 4.79 Å². The second-order valence-electron chi connectivity index (χ2n) is 17.5. The topological polar surface area (TPSA) is 515 Å². The molecule has 1 amide bonds. The molecule has 6 fully saturated rings. The third-order valence-corrected chi connectivity index (χ3v) is 12.8. The van der Waals surface area contributed by atoms with Crippen LogP contribution in [-0.2, 0) is 56.9 Å². The highest BCUT2D eigenvalue weighted by molar-refractivity contribution is 5.73. The highest BCUT2D eigenvalue weighted by Crippen LogP contribution is 2.36. The first-order chi connectivity index (χ1) is 33.1. The molecule has 6 aliphatic heterocycles. The molecule has 0 aromatic carbocycles. The molecule has 6 heterocycles. The Morgan fingerprint density at radius 2 is 0.743 bits per heavy atom. The molecular formula is C38H65NO31. The smallest absolute Gasteiger partial charge is 0.217 e. The Hall–Kier alpha value is -1.73. The lowest BCUT2D eigenvalue weighted by Gasteiger charge is -2.50. The molecule has 6 saturated heterocycles. The van der Waals surface area contributed by atoms with Crippen LogP contribution in [0, 0.1) is 0 Å². The molecule has 30 atom stereocenters. The highest BCUT2D eigenvalue weighted by atomic mass is 16.8. The molecule has 6 aliphatic rings. The predicted octanol–water partition coefficient (Wildman–Crippen LogP) is -14.0. The van der Waals surface area contributed by atoms with E-state index in [1.165, 1.54) is 0 Å². The number of amides is 1. The first-order valence-electron chi connectivity index (χ1n) is 22.1. The molecule has 32 heteroatoms. The second-order valence-corrected chi connectivity index (χ2v) is 17.5. The van der Waals surface area contributed by atoms with Crippen molar-refractivity contribution in [3.8, 4) is 0 Å². The number of rotatable bonds is 17. The summed E-state index contributed by atoms with van der Waals surface area (Å²) in [6.45, 7) is -4.67. The van der Waals surface area contributed by atoms with Crippen molar-refractivity contribution in [3.63, 3.8) is 0 Å². The van der Waals surface area contributed by atoms with Crippen molar-refractivity contribution in [2.24, 2.45) is 0 Å². The molecule has 0 aromatic rings. The Balaban J connectivity index is 1.27. The molecule has 6 rings (SSSR count). The van der Waals surface area contributed by atoms with Gasteiger partial charge in [-0.25, -0.2) is 0 Å². The van der Waals surface area contributed by atoms with Crippen LogP contribution in [0.25, 0.3) is 0 Å². The van der Waals surface area contributed by atoms with Crippen molar-refractivity contribution in [2.75, 3.05) is 39.6 Å². The Labute approximate surface area is 395 Å². The molecule has 0 unspecified atom stereocenters. The zero-order valence-electron chi connectivity index (χ0n) is 37.0. The van der Waals surface area contributed by atoms with Crippen LogP contribution < -0.4 is 5.32 Å². The van der Waals surface area contributed by atoms with Crippen LogP contribution in [0.15, 0.2) is 0 Å². The minimum Gasteiger partial charge on any atom is -0.394 e. The van der Waals surface area contributed by atoms with Crippen molar-refractivity contribution in [1.29, 1.82) is 0 Å². The number of aliphatic hydroxyl groups is 19. The van der Waals surface area contributed by atoms with Gasteiger partial charge < -0.3 is 154 Å². The monoisotopic (exact) mass is 1030 g/mol. The second kappa shape index (κ2) is 24.7. The summed E-state index contributed by atoms with van der Waals surface area (Å²) in [4.78, 5) is 12.6. The number of carbonyl (C=O) groups excluding carboxylic acids is 1. The maximum absolute atomic E-state index is 12.6. The Morgan fingerprint density at radius 1 is 0.371 bits per heavy atom. The first kappa shape index (κ1) is 57.5. The Kier molecular flexibility index (Phi) is 20.3. The van der Waals surface area contributed by atoms with Gasteiger partial charge in [0.2, 0.25) is 5.91 Å². The Morgan fingerprint density at radius 3 is 1.21 bits per heavy atom. The number of ether oxygens (including phenoxy) is 11. The summed E-state index contributed by atoms with van der Waals surface area (Å²) in [6.07, 6.45) is -55.5. The van der Waals surface area contributed by atoms with Crippen molar-refractivity contribution < 1.29 is 154 Å². The zero-order valence-corrected chi connectivity index (χ0v) is 37.0. The number of carbonyl (C=O) groups is 1. The van der Waals surface area contributed by atoms with Crippen molar-refractivity contribution >= 4 is 5.91 Å². The third kappa shape index (κ3) is 12.0. The van der Waals surface area contributed by atoms with Gasteiger partial charge in [0.05, 0.1) is 39.6 Å². The summed E-state index contributed by atoms with van der Waals surface area (Å²) >= 11 is 0. The van der Waals surface area contributed by atoms with E-state index < -0.39 is 230 Å². The van der Waals surface area contributed by atoms with Gasteiger partial charge in [-0.2, -0.15) is 0 Å². The molecule has 70 heavy (non-hydrogen) atoms. The van der Waals surface area contributed by atoms with E-state index >= 15 is 0 Å². The van der Waals surface area contributed by atoms with E-state index in [1.54, 1.807) is 0 Å². The minimum absolute atomic E-state index is 0.855. The summed E-state index contributed by atoms with van der Waals surface area (Å²) < 4.78 is 62.0. The van der Waals surface area contributed by atoms with E-state index in [-0.39, 0.29) is 0 Å². The van der Waals surface area contributed by atoms with E-state index in [9.17, 15) is 102 Å². The number of hydrogen-bond acceptors (Lipinski definition) is 31. The standard InChI is InChI=1S/C38H65NO31/c1-8(45)39-15-19(49)31(69-37-26(56)21(51)17(47)10(3-41)63-37)14(7-60-35-27(57)23(53)30(13(6-44)65-35)67-36-25(55)20(50)16(46)9(2-40)62-36)66-34(15)70-32-18(48)11(4-42)64-38(28(32)58)68-29-12(5-43)61-33(59)24(54)22(29)52/h9-38,40-44,46-59H,2-7H2,1H3,(H,39,45)/t9-,10-,11-,12-,13-,14-,15-,16+,17+,18+,19-,20+,21+,22-,23-,24-,25-,26-,27-,28-,29-,30-,31-,32+,33-,34+,35-,36+,37+,38+/m1/s1. The molecule has 20 N–H and O–H groups in total. The largest absolute Gasteiger partial charge is 0.394 e. The zero-order chi connectivity index (χ0) is 51.6. The molecule has 0 aromatic heterocycles. The van der Waals surface area contributed by atoms with Gasteiger partial charge in [-0.15, -0.1) is 0 Å². The quantitative estimate of drug-likeness (QED) is 0.0643. The SMILES string of the molecule is CC(=O)N[C@H]1[C@H](O[C@H]2[C@@H](O)[C@@H](CO)O[C@@H](O[C@H]3[C@H](O)[C@@H](O)[C@H](O)O[C@@H]3CO)[C@@H]2O)O[C@H](CO[C@@H]2O[C@H](CO)[C@@H](O[C@@H]3O[C@H](CO)[C@H](O)[C@H](O)[C@H]3O)[C@H](O)[C@H]2O)[C@@H](O[C@@H]2O[C@H](CO)[C@H](O)[C@H](O)[C@H]2O)[C@@H]1O. The molecule has 0 saturated carbocycles. The lowest BCUT2D eigenvalue weighted by atomic mass is 9.94. The van der Waals surface area contributed by atoms with Gasteiger partial charge in [0.25, 0.3) is 0 Å². The lowest BCUT2D eigenvalue weighted by Crippen LogP contribution is -2.70. The number of aliphatic hydroxyl groups excluding tert-OH is 19. The summed E-state index contributed by atoms with van der Waals surface area (Å²) in [6, 6.07) is -1.83. The molecule has 32 nitrogen and oxygen atoms in total. The molecular weight excluding hydrogens is 966 g/mol. The van der Waals surface area contributed by atoms with Crippen LogP contribution in [0.1, 0.15) is 6.92 Å². The van der Waals surface area contributed by atoms with Crippen molar-refractivity contribution in [3.05, 3.63) is 0 Å². The maximum atomic E-state index is 12.6. The van der Waals surface area contributed by atoms with Crippen LogP contribution >= 0.6 is 0 Å². The minimum atomic E-state index is -2.19. The normalized spacial score (nSPS) is 51.5. The summed E-state index contributed by atoms with van der Waals surface area (Å²) in [7, 11) is 0. The van der Waals surface area contributed by atoms with Crippen LogP contribution in [0.5, 0.6) is 0 Å². The summed E-state index contributed by atoms with van der Waals surface area (Å²) in [5, 5.41) is 203. The van der Waals surface area contributed by atoms with Crippen molar-refractivity contribution in [1.82, 2.24) is 5.32 Å². The number of nitrogens with one attached hydrogen (secondary N) is 1. The summed E-state index contributed by atoms with van der Waals surface area (Å²) in [5.41, 5.74) is 0. The maximum Gasteiger partial charge on any atom is 0.217 e. The van der Waals surface area contributed by atoms with Gasteiger partial charge in [-0.05, 0) is 0 Å². The van der Waals surface area contributed by atoms with Gasteiger partial charge in [0, 0.05) is 6.92 Å². The molecule has 0 bridgehead atoms. The van der Waals surface area contributed by atoms with Gasteiger partial charge in [-0.1, -0.05) is 0 Å². The predicted molar refractivity (Wildman–Crippen MR) is 211 cm³/mol. The fourth-order valence-corrected chi connectivity index (χ4v) is 8.82. The average molecular weight is 1030 g/mol. The lowest BCUT2D eigenvalue weighted by molar-refractivity contribution is -0.385. The fraction of sp³-hybridized carbons (Fsp3) is 0.974. The van der Waals surface area contributed by atoms with E-state index in [0.717, 1.165) is 6.92 Å². The Bertz CT molecular complexity index is 1620. The number of hydrogen-bond donors (Lipinski definition) is 20. The van der Waals surface area contributed by atoms with E-state index in [4.69, 9.17) is 52.1 Å². The molecule has 0 radical (unpaired) electrons. The highest BCUT2D eigenvalue weighted by Gasteiger charge is 2.57. The summed E-state index contributed by atoms with van der Waals surface area (Å²) in [5.74, 6) is -0.879. The van der Waals surface area contributed by atoms with Crippen LogP contribution in [0.2, 0.25) is 0 Å². The molecule has 0 spiro atoms. The van der Waals surface area contributed by atoms with Gasteiger partial charge >= 0.3 is 0 Å². The van der Waals surface area contributed by atoms with E-state index in [0.29, 0.717) is 0 Å². The van der Waals surface area contributed by atoms with Crippen LogP contribution in [0.3, 0.4) is 0 Å². The molecule has 0 aliphatic carbocycles. The first-order valence-corrected chi connectivity index (χ1v) is 22.1. The van der Waals surface area contributed by atoms with Crippen LogP contribution in [-0.4, -0.2) is 327 Å². The third-order valence-electron chi connectivity index (χ3n) is 12.8. The van der Waals surface area contributed by atoms with Gasteiger partial charge in [0.1, 0.15) is 146 Å². The van der Waals surface area contributed by atoms with Gasteiger partial charge in [0.15, 0.2) is 37.7 Å². The van der Waals surface area contributed by atoms with Crippen LogP contribution in [0.4, 0.5) is 0 Å². The van der Waals surface area contributed by atoms with E-state index in [1.807, 2.05) is 0 Å². The van der Waals surface area contributed by atoms with E-state index in [2.05, 4.69) is 5.32 Å². The fourth-order valence-electron chi connectivity index (χ4n) is 8.82. The van der Waals surface area contributed by atoms with Crippen molar-refractivity contribution in [2.45, 2.75) is 191 Å². The molecule has 408 valence electrons.